The third-order valence-electron chi connectivity index (χ3n) is 4.42. The molecule has 0 spiro atoms. The van der Waals surface area contributed by atoms with Crippen LogP contribution in [0.2, 0.25) is 0 Å². The molecule has 0 radical (unpaired) electrons. The highest BCUT2D eigenvalue weighted by molar-refractivity contribution is 7.89. The highest BCUT2D eigenvalue weighted by Gasteiger charge is 2.35. The van der Waals surface area contributed by atoms with Crippen LogP contribution in [0, 0.1) is 5.82 Å². The topological polar surface area (TPSA) is 78.6 Å². The molecule has 28 heavy (non-hydrogen) atoms. The van der Waals surface area contributed by atoms with E-state index in [1.807, 2.05) is 0 Å². The summed E-state index contributed by atoms with van der Waals surface area (Å²) < 4.78 is 85.0. The van der Waals surface area contributed by atoms with E-state index in [1.165, 1.54) is 24.3 Å². The average Bonchev–Trinajstić information content (AvgIpc) is 3.08. The lowest BCUT2D eigenvalue weighted by molar-refractivity contribution is -0.274. The number of sulfonamides is 1. The van der Waals surface area contributed by atoms with E-state index in [9.17, 15) is 26.0 Å². The zero-order valence-corrected chi connectivity index (χ0v) is 15.3. The normalized spacial score (nSPS) is 18.8. The van der Waals surface area contributed by atoms with Crippen molar-refractivity contribution < 1.29 is 35.5 Å². The summed E-state index contributed by atoms with van der Waals surface area (Å²) >= 11 is 0. The minimum Gasteiger partial charge on any atom is -0.406 e. The molecule has 0 aromatic heterocycles. The second kappa shape index (κ2) is 7.69. The number of ether oxygens (including phenoxy) is 2. The van der Waals surface area contributed by atoms with E-state index >= 15 is 0 Å². The molecular formula is C18H17F4NO4S. The van der Waals surface area contributed by atoms with Crippen LogP contribution in [0.1, 0.15) is 29.9 Å². The van der Waals surface area contributed by atoms with Crippen LogP contribution >= 0.6 is 0 Å². The monoisotopic (exact) mass is 419 g/mol. The van der Waals surface area contributed by atoms with Crippen LogP contribution in [0.25, 0.3) is 0 Å². The molecule has 0 amide bonds. The molecule has 0 bridgehead atoms. The van der Waals surface area contributed by atoms with E-state index < -0.39 is 40.0 Å². The largest absolute Gasteiger partial charge is 0.573 e. The van der Waals surface area contributed by atoms with E-state index in [2.05, 4.69) is 4.74 Å². The average molecular weight is 419 g/mol. The molecule has 0 unspecified atom stereocenters. The Morgan fingerprint density at radius 3 is 2.36 bits per heavy atom. The van der Waals surface area contributed by atoms with Crippen molar-refractivity contribution in [3.05, 3.63) is 59.4 Å². The first-order valence-electron chi connectivity index (χ1n) is 8.34. The Morgan fingerprint density at radius 1 is 1.14 bits per heavy atom. The fourth-order valence-corrected chi connectivity index (χ4v) is 4.13. The van der Waals surface area contributed by atoms with Crippen molar-refractivity contribution >= 4 is 10.0 Å². The molecule has 3 rings (SSSR count). The molecule has 1 saturated heterocycles. The number of benzene rings is 2. The van der Waals surface area contributed by atoms with Gasteiger partial charge in [0.25, 0.3) is 0 Å². The number of nitrogens with two attached hydrogens (primary N) is 1. The lowest BCUT2D eigenvalue weighted by atomic mass is 9.85. The van der Waals surface area contributed by atoms with E-state index in [4.69, 9.17) is 9.88 Å². The van der Waals surface area contributed by atoms with Crippen molar-refractivity contribution in [3.63, 3.8) is 0 Å². The number of hydrogen-bond donors (Lipinski definition) is 1. The molecule has 0 saturated carbocycles. The molecule has 2 aromatic carbocycles. The Hall–Kier alpha value is -2.17. The summed E-state index contributed by atoms with van der Waals surface area (Å²) in [4.78, 5) is -0.341. The van der Waals surface area contributed by atoms with E-state index in [0.717, 1.165) is 18.2 Å². The summed E-state index contributed by atoms with van der Waals surface area (Å²) in [5.74, 6) is -1.86. The predicted octanol–water partition coefficient (Wildman–Crippen LogP) is 3.68. The standard InChI is InChI=1S/C18H17F4NO4S/c19-12-5-3-11(4-6-12)17(15-2-1-9-26-15)14-10-13(27-18(20,21)22)7-8-16(14)28(23,24)25/h3-8,10,15,17H,1-2,9H2,(H2,23,24,25)/t15-,17-/m0/s1. The quantitative estimate of drug-likeness (QED) is 0.750. The minimum absolute atomic E-state index is 0.00255. The molecular weight excluding hydrogens is 402 g/mol. The maximum absolute atomic E-state index is 13.4. The van der Waals surface area contributed by atoms with Crippen LogP contribution in [0.3, 0.4) is 0 Å². The van der Waals surface area contributed by atoms with Gasteiger partial charge in [-0.05, 0) is 54.3 Å². The fraction of sp³-hybridized carbons (Fsp3) is 0.333. The lowest BCUT2D eigenvalue weighted by Crippen LogP contribution is -2.24. The van der Waals surface area contributed by atoms with Crippen molar-refractivity contribution in [3.8, 4) is 5.75 Å². The van der Waals surface area contributed by atoms with Crippen LogP contribution in [-0.4, -0.2) is 27.5 Å². The third-order valence-corrected chi connectivity index (χ3v) is 5.41. The molecule has 1 aliphatic rings. The van der Waals surface area contributed by atoms with Crippen LogP contribution in [-0.2, 0) is 14.8 Å². The Bertz CT molecular complexity index is 939. The van der Waals surface area contributed by atoms with Crippen LogP contribution in [0.4, 0.5) is 17.6 Å². The summed E-state index contributed by atoms with van der Waals surface area (Å²) in [7, 11) is -4.25. The summed E-state index contributed by atoms with van der Waals surface area (Å²) in [6.07, 6.45) is -4.20. The molecule has 2 atom stereocenters. The van der Waals surface area contributed by atoms with E-state index in [-0.39, 0.29) is 10.5 Å². The Balaban J connectivity index is 2.18. The van der Waals surface area contributed by atoms with Gasteiger partial charge >= 0.3 is 6.36 Å². The molecule has 152 valence electrons. The molecule has 1 fully saturated rings. The SMILES string of the molecule is NS(=O)(=O)c1ccc(OC(F)(F)F)cc1[C@H](c1ccc(F)cc1)[C@@H]1CCCO1. The van der Waals surface area contributed by atoms with Gasteiger partial charge in [0.15, 0.2) is 0 Å². The summed E-state index contributed by atoms with van der Waals surface area (Å²) in [5, 5.41) is 5.28. The first-order chi connectivity index (χ1) is 13.0. The second-order valence-corrected chi connectivity index (χ2v) is 7.90. The summed E-state index contributed by atoms with van der Waals surface area (Å²) in [6, 6.07) is 8.08. The smallest absolute Gasteiger partial charge is 0.406 e. The van der Waals surface area contributed by atoms with Gasteiger partial charge in [0.1, 0.15) is 11.6 Å². The zero-order chi connectivity index (χ0) is 20.5. The van der Waals surface area contributed by atoms with Crippen LogP contribution in [0.5, 0.6) is 5.75 Å². The Kier molecular flexibility index (Phi) is 5.64. The zero-order valence-electron chi connectivity index (χ0n) is 14.4. The third kappa shape index (κ3) is 4.81. The number of hydrogen-bond acceptors (Lipinski definition) is 4. The van der Waals surface area contributed by atoms with Gasteiger partial charge in [-0.3, -0.25) is 0 Å². The highest BCUT2D eigenvalue weighted by Crippen LogP contribution is 2.39. The van der Waals surface area contributed by atoms with Crippen LogP contribution in [0.15, 0.2) is 47.4 Å². The van der Waals surface area contributed by atoms with E-state index in [1.54, 1.807) is 0 Å². The number of primary sulfonamides is 1. The predicted molar refractivity (Wildman–Crippen MR) is 91.7 cm³/mol. The van der Waals surface area contributed by atoms with Crippen molar-refractivity contribution in [1.82, 2.24) is 0 Å². The number of halogens is 4. The molecule has 1 aliphatic heterocycles. The highest BCUT2D eigenvalue weighted by atomic mass is 32.2. The Morgan fingerprint density at radius 2 is 1.82 bits per heavy atom. The van der Waals surface area contributed by atoms with Crippen molar-refractivity contribution in [2.24, 2.45) is 5.14 Å². The maximum atomic E-state index is 13.4. The molecule has 10 heteroatoms. The molecule has 2 aromatic rings. The first kappa shape index (κ1) is 20.6. The van der Waals surface area contributed by atoms with Crippen molar-refractivity contribution in [2.45, 2.75) is 36.1 Å². The van der Waals surface area contributed by atoms with Gasteiger partial charge in [0.2, 0.25) is 10.0 Å². The molecule has 5 nitrogen and oxygen atoms in total. The van der Waals surface area contributed by atoms with Gasteiger partial charge < -0.3 is 9.47 Å². The van der Waals surface area contributed by atoms with Crippen molar-refractivity contribution in [2.75, 3.05) is 6.61 Å². The molecule has 2 N–H and O–H groups in total. The summed E-state index contributed by atoms with van der Waals surface area (Å²) in [5.41, 5.74) is 0.491. The lowest BCUT2D eigenvalue weighted by Gasteiger charge is -2.26. The number of alkyl halides is 3. The van der Waals surface area contributed by atoms with Crippen molar-refractivity contribution in [1.29, 1.82) is 0 Å². The Labute approximate surface area is 159 Å². The van der Waals surface area contributed by atoms with Gasteiger partial charge in [-0.1, -0.05) is 12.1 Å². The maximum Gasteiger partial charge on any atom is 0.573 e. The fourth-order valence-electron chi connectivity index (χ4n) is 3.36. The van der Waals surface area contributed by atoms with Gasteiger partial charge in [-0.2, -0.15) is 0 Å². The van der Waals surface area contributed by atoms with Gasteiger partial charge in [-0.15, -0.1) is 13.2 Å². The molecule has 1 heterocycles. The summed E-state index contributed by atoms with van der Waals surface area (Å²) in [6.45, 7) is 0.422. The molecule has 0 aliphatic carbocycles. The number of rotatable bonds is 5. The van der Waals surface area contributed by atoms with Gasteiger partial charge in [-0.25, -0.2) is 17.9 Å². The van der Waals surface area contributed by atoms with Gasteiger partial charge in [0.05, 0.1) is 11.0 Å². The van der Waals surface area contributed by atoms with E-state index in [0.29, 0.717) is 25.0 Å². The van der Waals surface area contributed by atoms with Gasteiger partial charge in [0, 0.05) is 12.5 Å². The van der Waals surface area contributed by atoms with Crippen LogP contribution < -0.4 is 9.88 Å². The minimum atomic E-state index is -4.95. The second-order valence-electron chi connectivity index (χ2n) is 6.37. The first-order valence-corrected chi connectivity index (χ1v) is 9.89.